The highest BCUT2D eigenvalue weighted by atomic mass is 16.3. The Balaban J connectivity index is 2.10. The number of unbranched alkanes of at least 4 members (excludes halogenated alkanes) is 3. The van der Waals surface area contributed by atoms with Crippen LogP contribution >= 0.6 is 0 Å². The normalized spacial score (nSPS) is 12.8. The summed E-state index contributed by atoms with van der Waals surface area (Å²) < 4.78 is 0. The van der Waals surface area contributed by atoms with Crippen LogP contribution in [0.15, 0.2) is 36.7 Å². The molecule has 2 nitrogen and oxygen atoms in total. The van der Waals surface area contributed by atoms with E-state index in [-0.39, 0.29) is 6.10 Å². The molecule has 0 aliphatic heterocycles. The number of fused-ring (bicyclic) bond motifs is 1. The molecule has 1 unspecified atom stereocenters. The lowest BCUT2D eigenvalue weighted by Crippen LogP contribution is -1.98. The summed E-state index contributed by atoms with van der Waals surface area (Å²) in [5.41, 5.74) is 1.03. The highest BCUT2D eigenvalue weighted by Gasteiger charge is 2.10. The van der Waals surface area contributed by atoms with Crippen molar-refractivity contribution in [2.75, 3.05) is 0 Å². The van der Waals surface area contributed by atoms with Crippen LogP contribution < -0.4 is 0 Å². The molecule has 2 rings (SSSR count). The van der Waals surface area contributed by atoms with Gasteiger partial charge in [0, 0.05) is 17.8 Å². The lowest BCUT2D eigenvalue weighted by molar-refractivity contribution is 0.165. The standard InChI is InChI=1S/C16H21NO/c1-2-3-4-5-9-16(18)15-8-6-7-13-12-17-11-10-14(13)15/h6-8,10-12,16,18H,2-5,9H2,1H3. The van der Waals surface area contributed by atoms with Gasteiger partial charge in [-0.15, -0.1) is 0 Å². The van der Waals surface area contributed by atoms with Crippen LogP contribution in [0, 0.1) is 0 Å². The third-order valence-corrected chi connectivity index (χ3v) is 3.40. The van der Waals surface area contributed by atoms with Crippen LogP contribution in [0.5, 0.6) is 0 Å². The van der Waals surface area contributed by atoms with Gasteiger partial charge in [-0.2, -0.15) is 0 Å². The minimum absolute atomic E-state index is 0.354. The maximum atomic E-state index is 10.3. The smallest absolute Gasteiger partial charge is 0.0796 e. The van der Waals surface area contributed by atoms with E-state index in [4.69, 9.17) is 0 Å². The maximum Gasteiger partial charge on any atom is 0.0796 e. The van der Waals surface area contributed by atoms with Crippen molar-refractivity contribution in [3.8, 4) is 0 Å². The molecule has 18 heavy (non-hydrogen) atoms. The molecule has 1 heterocycles. The Labute approximate surface area is 109 Å². The second kappa shape index (κ2) is 6.50. The van der Waals surface area contributed by atoms with Gasteiger partial charge in [0.25, 0.3) is 0 Å². The summed E-state index contributed by atoms with van der Waals surface area (Å²) in [6, 6.07) is 8.04. The average molecular weight is 243 g/mol. The van der Waals surface area contributed by atoms with Crippen molar-refractivity contribution in [3.05, 3.63) is 42.2 Å². The van der Waals surface area contributed by atoms with Gasteiger partial charge in [0.05, 0.1) is 6.10 Å². The fourth-order valence-electron chi connectivity index (χ4n) is 2.36. The van der Waals surface area contributed by atoms with E-state index in [0.717, 1.165) is 29.2 Å². The van der Waals surface area contributed by atoms with E-state index < -0.39 is 0 Å². The Hall–Kier alpha value is -1.41. The first kappa shape index (κ1) is 13.0. The van der Waals surface area contributed by atoms with E-state index in [1.54, 1.807) is 6.20 Å². The van der Waals surface area contributed by atoms with E-state index in [1.807, 2.05) is 30.5 Å². The zero-order valence-electron chi connectivity index (χ0n) is 11.0. The molecule has 0 fully saturated rings. The molecule has 0 aliphatic carbocycles. The highest BCUT2D eigenvalue weighted by Crippen LogP contribution is 2.27. The van der Waals surface area contributed by atoms with Crippen molar-refractivity contribution in [1.29, 1.82) is 0 Å². The number of aliphatic hydroxyl groups excluding tert-OH is 1. The number of hydrogen-bond acceptors (Lipinski definition) is 2. The number of hydrogen-bond donors (Lipinski definition) is 1. The molecule has 0 spiro atoms. The van der Waals surface area contributed by atoms with Gasteiger partial charge in [0.15, 0.2) is 0 Å². The average Bonchev–Trinajstić information content (AvgIpc) is 2.43. The maximum absolute atomic E-state index is 10.3. The molecule has 0 saturated carbocycles. The Bertz CT molecular complexity index is 490. The van der Waals surface area contributed by atoms with E-state index >= 15 is 0 Å². The molecule has 0 aliphatic rings. The fraction of sp³-hybridized carbons (Fsp3) is 0.438. The Kier molecular flexibility index (Phi) is 4.71. The summed E-state index contributed by atoms with van der Waals surface area (Å²) >= 11 is 0. The topological polar surface area (TPSA) is 33.1 Å². The van der Waals surface area contributed by atoms with E-state index in [2.05, 4.69) is 11.9 Å². The molecule has 2 heteroatoms. The molecular formula is C16H21NO. The van der Waals surface area contributed by atoms with Crippen LogP contribution in [-0.4, -0.2) is 10.1 Å². The van der Waals surface area contributed by atoms with Gasteiger partial charge in [0.2, 0.25) is 0 Å². The molecule has 0 amide bonds. The van der Waals surface area contributed by atoms with Crippen LogP contribution in [0.2, 0.25) is 0 Å². The molecule has 2 aromatic rings. The number of aliphatic hydroxyl groups is 1. The van der Waals surface area contributed by atoms with Crippen molar-refractivity contribution in [2.24, 2.45) is 0 Å². The zero-order chi connectivity index (χ0) is 12.8. The quantitative estimate of drug-likeness (QED) is 0.770. The Morgan fingerprint density at radius 1 is 1.17 bits per heavy atom. The summed E-state index contributed by atoms with van der Waals surface area (Å²) in [5.74, 6) is 0. The van der Waals surface area contributed by atoms with Crippen molar-refractivity contribution in [3.63, 3.8) is 0 Å². The van der Waals surface area contributed by atoms with Crippen molar-refractivity contribution in [2.45, 2.75) is 45.1 Å². The first-order valence-corrected chi connectivity index (χ1v) is 6.83. The molecule has 0 bridgehead atoms. The van der Waals surface area contributed by atoms with E-state index in [1.165, 1.54) is 19.3 Å². The SMILES string of the molecule is CCCCCCC(O)c1cccc2cnccc12. The van der Waals surface area contributed by atoms with E-state index in [9.17, 15) is 5.11 Å². The van der Waals surface area contributed by atoms with Gasteiger partial charge >= 0.3 is 0 Å². The van der Waals surface area contributed by atoms with Gasteiger partial charge in [-0.05, 0) is 23.4 Å². The van der Waals surface area contributed by atoms with Gasteiger partial charge in [-0.25, -0.2) is 0 Å². The monoisotopic (exact) mass is 243 g/mol. The van der Waals surface area contributed by atoms with Crippen LogP contribution in [-0.2, 0) is 0 Å². The number of benzene rings is 1. The first-order valence-electron chi connectivity index (χ1n) is 6.83. The number of rotatable bonds is 6. The number of pyridine rings is 1. The molecule has 0 saturated heterocycles. The van der Waals surface area contributed by atoms with Gasteiger partial charge in [0.1, 0.15) is 0 Å². The van der Waals surface area contributed by atoms with Crippen LogP contribution in [0.4, 0.5) is 0 Å². The third-order valence-electron chi connectivity index (χ3n) is 3.40. The molecule has 1 N–H and O–H groups in total. The molecule has 1 aromatic heterocycles. The van der Waals surface area contributed by atoms with Crippen LogP contribution in [0.3, 0.4) is 0 Å². The summed E-state index contributed by atoms with van der Waals surface area (Å²) in [4.78, 5) is 4.12. The Morgan fingerprint density at radius 3 is 2.89 bits per heavy atom. The largest absolute Gasteiger partial charge is 0.388 e. The van der Waals surface area contributed by atoms with Gasteiger partial charge < -0.3 is 5.11 Å². The van der Waals surface area contributed by atoms with Crippen LogP contribution in [0.25, 0.3) is 10.8 Å². The lowest BCUT2D eigenvalue weighted by atomic mass is 9.98. The molecule has 0 radical (unpaired) electrons. The molecule has 1 atom stereocenters. The van der Waals surface area contributed by atoms with Crippen molar-refractivity contribution < 1.29 is 5.11 Å². The second-order valence-electron chi connectivity index (χ2n) is 4.81. The summed E-state index contributed by atoms with van der Waals surface area (Å²) in [6.07, 6.45) is 8.92. The van der Waals surface area contributed by atoms with Crippen molar-refractivity contribution in [1.82, 2.24) is 4.98 Å². The minimum atomic E-state index is -0.354. The van der Waals surface area contributed by atoms with E-state index in [0.29, 0.717) is 0 Å². The summed E-state index contributed by atoms with van der Waals surface area (Å²) in [7, 11) is 0. The fourth-order valence-corrected chi connectivity index (χ4v) is 2.36. The minimum Gasteiger partial charge on any atom is -0.388 e. The Morgan fingerprint density at radius 2 is 2.06 bits per heavy atom. The zero-order valence-corrected chi connectivity index (χ0v) is 11.0. The lowest BCUT2D eigenvalue weighted by Gasteiger charge is -2.13. The second-order valence-corrected chi connectivity index (χ2v) is 4.81. The first-order chi connectivity index (χ1) is 8.83. The molecular weight excluding hydrogens is 222 g/mol. The summed E-state index contributed by atoms with van der Waals surface area (Å²) in [6.45, 7) is 2.20. The summed E-state index contributed by atoms with van der Waals surface area (Å²) in [5, 5.41) is 12.5. The van der Waals surface area contributed by atoms with Crippen molar-refractivity contribution >= 4 is 10.8 Å². The molecule has 96 valence electrons. The predicted octanol–water partition coefficient (Wildman–Crippen LogP) is 4.24. The van der Waals surface area contributed by atoms with Gasteiger partial charge in [-0.3, -0.25) is 4.98 Å². The number of aromatic nitrogens is 1. The highest BCUT2D eigenvalue weighted by molar-refractivity contribution is 5.85. The predicted molar refractivity (Wildman–Crippen MR) is 75.5 cm³/mol. The number of nitrogens with zero attached hydrogens (tertiary/aromatic N) is 1. The van der Waals surface area contributed by atoms with Gasteiger partial charge in [-0.1, -0.05) is 50.8 Å². The third kappa shape index (κ3) is 3.08. The van der Waals surface area contributed by atoms with Crippen LogP contribution in [0.1, 0.15) is 50.7 Å². The molecule has 1 aromatic carbocycles.